The Morgan fingerprint density at radius 1 is 1.07 bits per heavy atom. The number of fused-ring (bicyclic) bond motifs is 3. The lowest BCUT2D eigenvalue weighted by Crippen LogP contribution is -2.39. The lowest BCUT2D eigenvalue weighted by atomic mass is 9.75. The van der Waals surface area contributed by atoms with Crippen LogP contribution in [-0.2, 0) is 0 Å². The summed E-state index contributed by atoms with van der Waals surface area (Å²) < 4.78 is 5.20. The summed E-state index contributed by atoms with van der Waals surface area (Å²) in [6, 6.07) is 13.5. The van der Waals surface area contributed by atoms with E-state index >= 15 is 0 Å². The minimum Gasteiger partial charge on any atom is -0.497 e. The number of hydrogen-bond donors (Lipinski definition) is 0. The minimum atomic E-state index is -0.928. The third kappa shape index (κ3) is 2.53. The van der Waals surface area contributed by atoms with Crippen molar-refractivity contribution in [1.82, 2.24) is 4.90 Å². The van der Waals surface area contributed by atoms with E-state index in [4.69, 9.17) is 4.74 Å². The topological polar surface area (TPSA) is 89.8 Å². The number of hydrogen-bond acceptors (Lipinski definition) is 7. The number of nitrogens with zero attached hydrogens (tertiary/aromatic N) is 2. The van der Waals surface area contributed by atoms with Gasteiger partial charge < -0.3 is 9.64 Å². The predicted molar refractivity (Wildman–Crippen MR) is 111 cm³/mol. The molecule has 8 heteroatoms. The van der Waals surface area contributed by atoms with Crippen molar-refractivity contribution in [3.63, 3.8) is 0 Å². The van der Waals surface area contributed by atoms with Crippen LogP contribution < -0.4 is 4.74 Å². The largest absolute Gasteiger partial charge is 0.497 e. The zero-order valence-electron chi connectivity index (χ0n) is 16.0. The van der Waals surface area contributed by atoms with E-state index in [2.05, 4.69) is 0 Å². The molecule has 0 amide bonds. The maximum Gasteiger partial charge on any atom is 0.288 e. The van der Waals surface area contributed by atoms with Crippen molar-refractivity contribution in [2.24, 2.45) is 0 Å². The van der Waals surface area contributed by atoms with Crippen molar-refractivity contribution in [3.8, 4) is 5.75 Å². The van der Waals surface area contributed by atoms with E-state index in [0.717, 1.165) is 0 Å². The van der Waals surface area contributed by atoms with Gasteiger partial charge in [-0.3, -0.25) is 19.7 Å². The zero-order chi connectivity index (χ0) is 21.0. The molecule has 0 bridgehead atoms. The average molecular weight is 420 g/mol. The molecule has 0 N–H and O–H groups in total. The second-order valence-corrected chi connectivity index (χ2v) is 8.20. The summed E-state index contributed by atoms with van der Waals surface area (Å²) >= 11 is 1.35. The van der Waals surface area contributed by atoms with Gasteiger partial charge in [-0.05, 0) is 17.7 Å². The Hall–Kier alpha value is -3.39. The molecule has 3 aliphatic rings. The molecule has 0 aromatic heterocycles. The summed E-state index contributed by atoms with van der Waals surface area (Å²) in [6.45, 7) is 0.451. The highest BCUT2D eigenvalue weighted by Crippen LogP contribution is 2.51. The molecule has 1 aliphatic carbocycles. The minimum absolute atomic E-state index is 0.0538. The number of ether oxygens (including phenoxy) is 1. The predicted octanol–water partition coefficient (Wildman–Crippen LogP) is 3.62. The highest BCUT2D eigenvalue weighted by molar-refractivity contribution is 8.03. The first-order chi connectivity index (χ1) is 14.5. The molecule has 1 saturated heterocycles. The van der Waals surface area contributed by atoms with Crippen LogP contribution in [-0.4, -0.2) is 40.8 Å². The van der Waals surface area contributed by atoms with Gasteiger partial charge in [-0.15, -0.1) is 0 Å². The average Bonchev–Trinajstić information content (AvgIpc) is 3.25. The molecule has 1 atom stereocenters. The van der Waals surface area contributed by atoms with Crippen molar-refractivity contribution < 1.29 is 19.2 Å². The van der Waals surface area contributed by atoms with Gasteiger partial charge in [0.25, 0.3) is 5.70 Å². The molecular weight excluding hydrogens is 404 g/mol. The molecule has 1 fully saturated rings. The molecular formula is C22H16N2O5S. The lowest BCUT2D eigenvalue weighted by Gasteiger charge is -2.35. The first-order valence-corrected chi connectivity index (χ1v) is 10.4. The first-order valence-electron chi connectivity index (χ1n) is 9.38. The lowest BCUT2D eigenvalue weighted by molar-refractivity contribution is -0.430. The Labute approximate surface area is 176 Å². The van der Waals surface area contributed by atoms with Crippen LogP contribution in [0.15, 0.2) is 70.5 Å². The first kappa shape index (κ1) is 18.6. The number of methoxy groups -OCH3 is 1. The van der Waals surface area contributed by atoms with Crippen LogP contribution in [0.25, 0.3) is 0 Å². The van der Waals surface area contributed by atoms with Crippen molar-refractivity contribution in [3.05, 3.63) is 97.3 Å². The van der Waals surface area contributed by atoms with Gasteiger partial charge in [-0.2, -0.15) is 0 Å². The fourth-order valence-corrected chi connectivity index (χ4v) is 5.47. The van der Waals surface area contributed by atoms with Crippen molar-refractivity contribution >= 4 is 23.3 Å². The number of carbonyl (C=O) groups excluding carboxylic acids is 2. The van der Waals surface area contributed by atoms with Crippen molar-refractivity contribution in [2.45, 2.75) is 5.92 Å². The normalized spacial score (nSPS) is 20.2. The number of allylic oxidation sites excluding steroid dienone is 2. The van der Waals surface area contributed by atoms with Gasteiger partial charge in [0.05, 0.1) is 17.7 Å². The van der Waals surface area contributed by atoms with E-state index in [0.29, 0.717) is 34.2 Å². The molecule has 0 saturated carbocycles. The van der Waals surface area contributed by atoms with Crippen LogP contribution in [0.3, 0.4) is 0 Å². The molecule has 0 spiro atoms. The Bertz CT molecular complexity index is 1180. The van der Waals surface area contributed by atoms with E-state index in [1.807, 2.05) is 0 Å². The molecule has 7 nitrogen and oxygen atoms in total. The fourth-order valence-electron chi connectivity index (χ4n) is 4.32. The number of carbonyl (C=O) groups is 2. The maximum absolute atomic E-state index is 13.5. The molecule has 1 unspecified atom stereocenters. The van der Waals surface area contributed by atoms with Crippen LogP contribution >= 0.6 is 11.8 Å². The second kappa shape index (κ2) is 6.84. The van der Waals surface area contributed by atoms with Gasteiger partial charge >= 0.3 is 0 Å². The van der Waals surface area contributed by atoms with Gasteiger partial charge in [0.15, 0.2) is 10.8 Å². The number of nitro groups is 1. The standard InChI is InChI=1S/C22H16N2O5S/c1-29-13-8-6-12(7-9-13)16-17-18(23-10-11-30-22(23)19(16)24(27)28)21(26)15-5-3-2-4-14(15)20(17)25/h2-9,16H,10-11H2,1H3. The number of rotatable bonds is 3. The highest BCUT2D eigenvalue weighted by Gasteiger charge is 2.51. The van der Waals surface area contributed by atoms with Crippen LogP contribution in [0, 0.1) is 10.1 Å². The quantitative estimate of drug-likeness (QED) is 0.553. The summed E-state index contributed by atoms with van der Waals surface area (Å²) in [4.78, 5) is 40.4. The number of ketones is 2. The van der Waals surface area contributed by atoms with Crippen LogP contribution in [0.1, 0.15) is 32.2 Å². The van der Waals surface area contributed by atoms with Gasteiger partial charge in [-0.25, -0.2) is 0 Å². The van der Waals surface area contributed by atoms with Crippen molar-refractivity contribution in [1.29, 1.82) is 0 Å². The number of Topliss-reactive ketones (excluding diaryl/α,β-unsaturated/α-hetero) is 2. The van der Waals surface area contributed by atoms with Crippen LogP contribution in [0.4, 0.5) is 0 Å². The molecule has 2 heterocycles. The van der Waals surface area contributed by atoms with E-state index < -0.39 is 10.8 Å². The Balaban J connectivity index is 1.79. The van der Waals surface area contributed by atoms with Gasteiger partial charge in [0.1, 0.15) is 11.7 Å². The van der Waals surface area contributed by atoms with Crippen LogP contribution in [0.2, 0.25) is 0 Å². The van der Waals surface area contributed by atoms with E-state index in [9.17, 15) is 19.7 Å². The SMILES string of the molecule is COc1ccc(C2C3=C(C(=O)c4ccccc4C3=O)N3CCSC3=C2[N+](=O)[O-])cc1. The fraction of sp³-hybridized carbons (Fsp3) is 0.182. The molecule has 2 aromatic carbocycles. The monoisotopic (exact) mass is 420 g/mol. The smallest absolute Gasteiger partial charge is 0.288 e. The summed E-state index contributed by atoms with van der Waals surface area (Å²) in [7, 11) is 1.54. The molecule has 2 aromatic rings. The van der Waals surface area contributed by atoms with Gasteiger partial charge in [0.2, 0.25) is 5.78 Å². The number of benzene rings is 2. The maximum atomic E-state index is 13.5. The summed E-state index contributed by atoms with van der Waals surface area (Å²) in [5, 5.41) is 12.6. The van der Waals surface area contributed by atoms with Crippen LogP contribution in [0.5, 0.6) is 5.75 Å². The third-order valence-electron chi connectivity index (χ3n) is 5.63. The summed E-state index contributed by atoms with van der Waals surface area (Å²) in [6.07, 6.45) is 0. The van der Waals surface area contributed by atoms with Gasteiger partial charge in [-0.1, -0.05) is 48.2 Å². The molecule has 0 radical (unpaired) electrons. The summed E-state index contributed by atoms with van der Waals surface area (Å²) in [5.74, 6) is -0.311. The second-order valence-electron chi connectivity index (χ2n) is 7.12. The highest BCUT2D eigenvalue weighted by atomic mass is 32.2. The zero-order valence-corrected chi connectivity index (χ0v) is 16.8. The molecule has 150 valence electrons. The molecule has 30 heavy (non-hydrogen) atoms. The Kier molecular flexibility index (Phi) is 4.25. The Morgan fingerprint density at radius 3 is 2.37 bits per heavy atom. The van der Waals surface area contributed by atoms with Gasteiger partial charge in [0, 0.05) is 29.0 Å². The molecule has 2 aliphatic heterocycles. The van der Waals surface area contributed by atoms with E-state index in [1.165, 1.54) is 18.9 Å². The Morgan fingerprint density at radius 2 is 1.73 bits per heavy atom. The van der Waals surface area contributed by atoms with Crippen molar-refractivity contribution in [2.75, 3.05) is 19.4 Å². The molecule has 5 rings (SSSR count). The summed E-state index contributed by atoms with van der Waals surface area (Å²) in [5.41, 5.74) is 1.61. The number of thioether (sulfide) groups is 1. The van der Waals surface area contributed by atoms with E-state index in [-0.39, 0.29) is 34.1 Å². The van der Waals surface area contributed by atoms with E-state index in [1.54, 1.807) is 53.4 Å². The third-order valence-corrected chi connectivity index (χ3v) is 6.72.